The zero-order valence-corrected chi connectivity index (χ0v) is 15.3. The molecule has 0 spiro atoms. The van der Waals surface area contributed by atoms with Crippen LogP contribution in [0, 0.1) is 19.8 Å². The number of aromatic nitrogens is 2. The van der Waals surface area contributed by atoms with Crippen molar-refractivity contribution in [2.24, 2.45) is 5.92 Å². The molecule has 0 atom stereocenters. The van der Waals surface area contributed by atoms with Gasteiger partial charge >= 0.3 is 0 Å². The normalized spacial score (nSPS) is 14.5. The van der Waals surface area contributed by atoms with Gasteiger partial charge in [-0.25, -0.2) is 4.98 Å². The highest BCUT2D eigenvalue weighted by molar-refractivity contribution is 7.22. The molecule has 0 unspecified atom stereocenters. The molecule has 128 valence electrons. The molecule has 0 aliphatic heterocycles. The summed E-state index contributed by atoms with van der Waals surface area (Å²) in [7, 11) is 0. The van der Waals surface area contributed by atoms with Crippen LogP contribution in [0.1, 0.15) is 36.0 Å². The number of thiazole rings is 1. The maximum atomic E-state index is 13.0. The zero-order valence-electron chi connectivity index (χ0n) is 14.5. The van der Waals surface area contributed by atoms with Gasteiger partial charge in [0, 0.05) is 18.3 Å². The van der Waals surface area contributed by atoms with Crippen molar-refractivity contribution in [3.63, 3.8) is 0 Å². The molecule has 0 N–H and O–H groups in total. The summed E-state index contributed by atoms with van der Waals surface area (Å²) in [5, 5.41) is 0.799. The van der Waals surface area contributed by atoms with Crippen molar-refractivity contribution in [2.45, 2.75) is 39.7 Å². The van der Waals surface area contributed by atoms with E-state index in [1.807, 2.05) is 23.2 Å². The molecule has 2 aromatic heterocycles. The van der Waals surface area contributed by atoms with Crippen LogP contribution >= 0.6 is 11.3 Å². The van der Waals surface area contributed by atoms with Crippen molar-refractivity contribution in [3.05, 3.63) is 53.3 Å². The monoisotopic (exact) mass is 351 g/mol. The van der Waals surface area contributed by atoms with Gasteiger partial charge in [-0.3, -0.25) is 14.7 Å². The molecular weight excluding hydrogens is 330 g/mol. The molecule has 4 nitrogen and oxygen atoms in total. The van der Waals surface area contributed by atoms with Crippen LogP contribution in [0.25, 0.3) is 10.2 Å². The molecule has 0 radical (unpaired) electrons. The van der Waals surface area contributed by atoms with E-state index in [4.69, 9.17) is 4.98 Å². The second kappa shape index (κ2) is 6.56. The summed E-state index contributed by atoms with van der Waals surface area (Å²) >= 11 is 1.62. The average Bonchev–Trinajstić information content (AvgIpc) is 3.02. The predicted octanol–water partition coefficient (Wildman–Crippen LogP) is 4.64. The van der Waals surface area contributed by atoms with Gasteiger partial charge in [-0.05, 0) is 49.4 Å². The van der Waals surface area contributed by atoms with Crippen molar-refractivity contribution >= 4 is 32.6 Å². The topological polar surface area (TPSA) is 46.1 Å². The maximum Gasteiger partial charge on any atom is 0.232 e. The minimum absolute atomic E-state index is 0.144. The van der Waals surface area contributed by atoms with Gasteiger partial charge in [-0.2, -0.15) is 0 Å². The molecule has 2 heterocycles. The minimum atomic E-state index is 0.144. The molecule has 25 heavy (non-hydrogen) atoms. The standard InChI is InChI=1S/C20H21N3OS/c1-13-8-9-14(2)18-17(13)22-20(25-18)23(19(24)16-6-3-7-16)12-15-5-4-10-21-11-15/h4-5,8-11,16H,3,6-7,12H2,1-2H3. The van der Waals surface area contributed by atoms with Crippen molar-refractivity contribution in [3.8, 4) is 0 Å². The molecular formula is C20H21N3OS. The Kier molecular flexibility index (Phi) is 4.25. The van der Waals surface area contributed by atoms with Crippen LogP contribution in [0.3, 0.4) is 0 Å². The first-order valence-corrected chi connectivity index (χ1v) is 9.52. The van der Waals surface area contributed by atoms with Gasteiger partial charge in [0.05, 0.1) is 16.8 Å². The van der Waals surface area contributed by atoms with Crippen LogP contribution in [0.4, 0.5) is 5.13 Å². The molecule has 3 aromatic rings. The second-order valence-electron chi connectivity index (χ2n) is 6.79. The highest BCUT2D eigenvalue weighted by Gasteiger charge is 2.32. The van der Waals surface area contributed by atoms with E-state index in [0.29, 0.717) is 6.54 Å². The average molecular weight is 351 g/mol. The second-order valence-corrected chi connectivity index (χ2v) is 7.76. The number of anilines is 1. The summed E-state index contributed by atoms with van der Waals surface area (Å²) in [5.74, 6) is 0.343. The van der Waals surface area contributed by atoms with Crippen LogP contribution in [-0.2, 0) is 11.3 Å². The van der Waals surface area contributed by atoms with Crippen molar-refractivity contribution in [1.82, 2.24) is 9.97 Å². The third-order valence-electron chi connectivity index (χ3n) is 4.95. The fraction of sp³-hybridized carbons (Fsp3) is 0.350. The summed E-state index contributed by atoms with van der Waals surface area (Å²) in [6.45, 7) is 4.70. The molecule has 5 heteroatoms. The van der Waals surface area contributed by atoms with Crippen LogP contribution in [-0.4, -0.2) is 15.9 Å². The molecule has 1 saturated carbocycles. The molecule has 0 saturated heterocycles. The summed E-state index contributed by atoms with van der Waals surface area (Å²) in [4.78, 5) is 23.9. The van der Waals surface area contributed by atoms with Gasteiger partial charge in [0.2, 0.25) is 5.91 Å². The number of amides is 1. The van der Waals surface area contributed by atoms with Gasteiger partial charge in [0.15, 0.2) is 5.13 Å². The Labute approximate surface area is 151 Å². The minimum Gasteiger partial charge on any atom is -0.283 e. The molecule has 1 aromatic carbocycles. The van der Waals surface area contributed by atoms with Crippen molar-refractivity contribution in [2.75, 3.05) is 4.90 Å². The number of aryl methyl sites for hydroxylation is 2. The Morgan fingerprint density at radius 1 is 1.24 bits per heavy atom. The van der Waals surface area contributed by atoms with Gasteiger partial charge in [0.1, 0.15) is 0 Å². The lowest BCUT2D eigenvalue weighted by Gasteiger charge is -2.30. The van der Waals surface area contributed by atoms with E-state index in [9.17, 15) is 4.79 Å². The highest BCUT2D eigenvalue weighted by Crippen LogP contribution is 2.36. The van der Waals surface area contributed by atoms with Crippen LogP contribution in [0.2, 0.25) is 0 Å². The Morgan fingerprint density at radius 3 is 2.68 bits per heavy atom. The van der Waals surface area contributed by atoms with E-state index in [1.165, 1.54) is 10.3 Å². The summed E-state index contributed by atoms with van der Waals surface area (Å²) in [6.07, 6.45) is 6.71. The highest BCUT2D eigenvalue weighted by atomic mass is 32.1. The number of nitrogens with zero attached hydrogens (tertiary/aromatic N) is 3. The fourth-order valence-corrected chi connectivity index (χ4v) is 4.27. The number of carbonyl (C=O) groups excluding carboxylic acids is 1. The van der Waals surface area contributed by atoms with E-state index in [2.05, 4.69) is 31.0 Å². The maximum absolute atomic E-state index is 13.0. The summed E-state index contributed by atoms with van der Waals surface area (Å²) < 4.78 is 1.17. The van der Waals surface area contributed by atoms with Gasteiger partial charge < -0.3 is 0 Å². The number of fused-ring (bicyclic) bond motifs is 1. The summed E-state index contributed by atoms with van der Waals surface area (Å²) in [5.41, 5.74) is 4.41. The molecule has 1 amide bonds. The molecule has 0 bridgehead atoms. The lowest BCUT2D eigenvalue weighted by Crippen LogP contribution is -2.38. The Hall–Kier alpha value is -2.27. The van der Waals surface area contributed by atoms with Crippen molar-refractivity contribution < 1.29 is 4.79 Å². The third kappa shape index (κ3) is 3.04. The number of hydrogen-bond acceptors (Lipinski definition) is 4. The molecule has 1 fully saturated rings. The van der Waals surface area contributed by atoms with E-state index in [-0.39, 0.29) is 11.8 Å². The van der Waals surface area contributed by atoms with E-state index < -0.39 is 0 Å². The van der Waals surface area contributed by atoms with Crippen LogP contribution in [0.5, 0.6) is 0 Å². The zero-order chi connectivity index (χ0) is 17.4. The lowest BCUT2D eigenvalue weighted by atomic mass is 9.84. The smallest absolute Gasteiger partial charge is 0.232 e. The quantitative estimate of drug-likeness (QED) is 0.688. The number of pyridine rings is 1. The first kappa shape index (κ1) is 16.2. The molecule has 1 aliphatic carbocycles. The number of hydrogen-bond donors (Lipinski definition) is 0. The number of carbonyl (C=O) groups is 1. The lowest BCUT2D eigenvalue weighted by molar-refractivity contribution is -0.124. The SMILES string of the molecule is Cc1ccc(C)c2sc(N(Cc3cccnc3)C(=O)C3CCC3)nc12. The van der Waals surface area contributed by atoms with E-state index in [1.54, 1.807) is 17.5 Å². The number of rotatable bonds is 4. The number of benzene rings is 1. The van der Waals surface area contributed by atoms with Gasteiger partial charge in [-0.1, -0.05) is 36.0 Å². The third-order valence-corrected chi connectivity index (χ3v) is 6.16. The van der Waals surface area contributed by atoms with Crippen molar-refractivity contribution in [1.29, 1.82) is 0 Å². The van der Waals surface area contributed by atoms with Gasteiger partial charge in [0.25, 0.3) is 0 Å². The van der Waals surface area contributed by atoms with Crippen LogP contribution in [0.15, 0.2) is 36.7 Å². The first-order valence-electron chi connectivity index (χ1n) is 8.70. The molecule has 4 rings (SSSR count). The first-order chi connectivity index (χ1) is 12.1. The van der Waals surface area contributed by atoms with E-state index in [0.717, 1.165) is 41.0 Å². The largest absolute Gasteiger partial charge is 0.283 e. The predicted molar refractivity (Wildman–Crippen MR) is 102 cm³/mol. The Morgan fingerprint density at radius 2 is 2.04 bits per heavy atom. The Bertz CT molecular complexity index is 876. The fourth-order valence-electron chi connectivity index (χ4n) is 3.15. The summed E-state index contributed by atoms with van der Waals surface area (Å²) in [6, 6.07) is 8.14. The Balaban J connectivity index is 1.75. The van der Waals surface area contributed by atoms with Gasteiger partial charge in [-0.15, -0.1) is 0 Å². The van der Waals surface area contributed by atoms with E-state index >= 15 is 0 Å². The molecule has 1 aliphatic rings. The van der Waals surface area contributed by atoms with Crippen LogP contribution < -0.4 is 4.90 Å².